The van der Waals surface area contributed by atoms with Gasteiger partial charge in [0.05, 0.1) is 0 Å². The molecule has 0 spiro atoms. The monoisotopic (exact) mass is 735 g/mol. The van der Waals surface area contributed by atoms with Gasteiger partial charge in [-0.05, 0) is 121 Å². The first-order valence-electron chi connectivity index (χ1n) is 21.5. The van der Waals surface area contributed by atoms with E-state index in [1.54, 1.807) is 0 Å². The van der Waals surface area contributed by atoms with Crippen molar-refractivity contribution in [2.24, 2.45) is 0 Å². The maximum atomic E-state index is 12.6. The van der Waals surface area contributed by atoms with E-state index in [1.807, 2.05) is 36.4 Å². The lowest BCUT2D eigenvalue weighted by molar-refractivity contribution is 0.250. The van der Waals surface area contributed by atoms with Gasteiger partial charge in [0.2, 0.25) is 0 Å². The molecule has 0 saturated carbocycles. The lowest BCUT2D eigenvalue weighted by Crippen LogP contribution is -2.30. The van der Waals surface area contributed by atoms with Crippen LogP contribution in [0.25, 0.3) is 0 Å². The molecular weight excluding hydrogens is 657 g/mol. The predicted molar refractivity (Wildman–Crippen MR) is 228 cm³/mol. The largest absolute Gasteiger partial charge is 0.338 e. The van der Waals surface area contributed by atoms with E-state index in [9.17, 15) is 9.59 Å². The number of benzene rings is 2. The Balaban J connectivity index is 1.56. The SMILES string of the molecule is CCCCCCCCCCN(C)CCCCNC(=O)Nc1cccc(Cc2cccc(NC(=O)NCCCCN(C)CCCCCCCCCC)c2)c1. The summed E-state index contributed by atoms with van der Waals surface area (Å²) in [5.41, 5.74) is 3.74. The van der Waals surface area contributed by atoms with Gasteiger partial charge in [-0.1, -0.05) is 128 Å². The third-order valence-electron chi connectivity index (χ3n) is 10.1. The Kier molecular flexibility index (Phi) is 27.2. The van der Waals surface area contributed by atoms with Crippen LogP contribution in [0.2, 0.25) is 0 Å². The molecular formula is C45H78N6O2. The van der Waals surface area contributed by atoms with E-state index in [4.69, 9.17) is 0 Å². The number of rotatable bonds is 32. The molecule has 300 valence electrons. The highest BCUT2D eigenvalue weighted by molar-refractivity contribution is 5.89. The van der Waals surface area contributed by atoms with Gasteiger partial charge in [-0.3, -0.25) is 0 Å². The first kappa shape index (κ1) is 46.1. The third-order valence-corrected chi connectivity index (χ3v) is 10.1. The Morgan fingerprint density at radius 3 is 1.19 bits per heavy atom. The number of amides is 4. The summed E-state index contributed by atoms with van der Waals surface area (Å²) < 4.78 is 0. The number of urea groups is 2. The van der Waals surface area contributed by atoms with Crippen LogP contribution in [-0.4, -0.2) is 75.2 Å². The highest BCUT2D eigenvalue weighted by Gasteiger charge is 2.07. The Bertz CT molecular complexity index is 1120. The third kappa shape index (κ3) is 25.5. The van der Waals surface area contributed by atoms with Crippen LogP contribution in [0.15, 0.2) is 48.5 Å². The summed E-state index contributed by atoms with van der Waals surface area (Å²) in [6.07, 6.45) is 26.5. The number of hydrogen-bond acceptors (Lipinski definition) is 4. The average molecular weight is 735 g/mol. The van der Waals surface area contributed by atoms with Crippen molar-refractivity contribution in [3.05, 3.63) is 59.7 Å². The quantitative estimate of drug-likeness (QED) is 0.0564. The first-order valence-corrected chi connectivity index (χ1v) is 21.5. The topological polar surface area (TPSA) is 88.7 Å². The van der Waals surface area contributed by atoms with Crippen molar-refractivity contribution in [1.29, 1.82) is 0 Å². The first-order chi connectivity index (χ1) is 25.9. The van der Waals surface area contributed by atoms with E-state index in [1.165, 1.54) is 103 Å². The maximum Gasteiger partial charge on any atom is 0.319 e. The van der Waals surface area contributed by atoms with Gasteiger partial charge < -0.3 is 31.1 Å². The normalized spacial score (nSPS) is 11.3. The molecule has 0 atom stereocenters. The van der Waals surface area contributed by atoms with Gasteiger partial charge in [-0.25, -0.2) is 9.59 Å². The van der Waals surface area contributed by atoms with Crippen LogP contribution in [0, 0.1) is 0 Å². The standard InChI is InChI=1S/C45H78N6O2/c1-5-7-9-11-13-15-17-21-33-50(3)35-23-19-31-46-44(52)48-42-29-25-27-40(38-42)37-41-28-26-30-43(39-41)49-45(53)47-32-20-24-36-51(4)34-22-18-16-14-12-10-8-6-2/h25-30,38-39H,5-24,31-37H2,1-4H3,(H2,46,48,52)(H2,47,49,53). The van der Waals surface area contributed by atoms with Crippen LogP contribution in [0.3, 0.4) is 0 Å². The summed E-state index contributed by atoms with van der Waals surface area (Å²) >= 11 is 0. The summed E-state index contributed by atoms with van der Waals surface area (Å²) in [5.74, 6) is 0. The van der Waals surface area contributed by atoms with Gasteiger partial charge in [-0.2, -0.15) is 0 Å². The van der Waals surface area contributed by atoms with E-state index in [0.717, 1.165) is 74.4 Å². The zero-order valence-electron chi connectivity index (χ0n) is 34.4. The van der Waals surface area contributed by atoms with Crippen molar-refractivity contribution in [2.45, 2.75) is 149 Å². The fraction of sp³-hybridized carbons (Fsp3) is 0.689. The smallest absolute Gasteiger partial charge is 0.319 e. The fourth-order valence-electron chi connectivity index (χ4n) is 6.78. The number of anilines is 2. The average Bonchev–Trinajstić information content (AvgIpc) is 3.14. The highest BCUT2D eigenvalue weighted by atomic mass is 16.2. The molecule has 2 aromatic carbocycles. The minimum atomic E-state index is -0.169. The van der Waals surface area contributed by atoms with Gasteiger partial charge in [0, 0.05) is 24.5 Å². The minimum Gasteiger partial charge on any atom is -0.338 e. The molecule has 0 aliphatic heterocycles. The molecule has 4 N–H and O–H groups in total. The molecule has 0 saturated heterocycles. The second-order valence-corrected chi connectivity index (χ2v) is 15.3. The fourth-order valence-corrected chi connectivity index (χ4v) is 6.78. The van der Waals surface area contributed by atoms with Crippen molar-refractivity contribution in [2.75, 3.05) is 64.0 Å². The van der Waals surface area contributed by atoms with E-state index >= 15 is 0 Å². The lowest BCUT2D eigenvalue weighted by Gasteiger charge is -2.16. The summed E-state index contributed by atoms with van der Waals surface area (Å²) in [7, 11) is 4.41. The number of nitrogens with one attached hydrogen (secondary N) is 4. The van der Waals surface area contributed by atoms with Crippen LogP contribution in [0.5, 0.6) is 0 Å². The molecule has 0 heterocycles. The number of unbranched alkanes of at least 4 members (excludes halogenated alkanes) is 16. The van der Waals surface area contributed by atoms with Crippen molar-refractivity contribution in [3.63, 3.8) is 0 Å². The predicted octanol–water partition coefficient (Wildman–Crippen LogP) is 11.2. The van der Waals surface area contributed by atoms with Crippen LogP contribution < -0.4 is 21.3 Å². The van der Waals surface area contributed by atoms with Crippen molar-refractivity contribution in [3.8, 4) is 0 Å². The van der Waals surface area contributed by atoms with Crippen LogP contribution >= 0.6 is 0 Å². The Morgan fingerprint density at radius 2 is 0.811 bits per heavy atom. The van der Waals surface area contributed by atoms with E-state index in [0.29, 0.717) is 19.5 Å². The molecule has 8 nitrogen and oxygen atoms in total. The number of carbonyl (C=O) groups excluding carboxylic acids is 2. The molecule has 53 heavy (non-hydrogen) atoms. The molecule has 8 heteroatoms. The van der Waals surface area contributed by atoms with Crippen molar-refractivity contribution in [1.82, 2.24) is 20.4 Å². The summed E-state index contributed by atoms with van der Waals surface area (Å²) in [4.78, 5) is 30.0. The van der Waals surface area contributed by atoms with Gasteiger partial charge >= 0.3 is 12.1 Å². The molecule has 0 bridgehead atoms. The lowest BCUT2D eigenvalue weighted by atomic mass is 10.0. The van der Waals surface area contributed by atoms with Gasteiger partial charge in [0.1, 0.15) is 0 Å². The number of nitrogens with zero attached hydrogens (tertiary/aromatic N) is 2. The molecule has 0 fully saturated rings. The second-order valence-electron chi connectivity index (χ2n) is 15.3. The molecule has 2 aromatic rings. The van der Waals surface area contributed by atoms with E-state index in [2.05, 4.69) is 71.1 Å². The van der Waals surface area contributed by atoms with Crippen LogP contribution in [-0.2, 0) is 6.42 Å². The van der Waals surface area contributed by atoms with Crippen LogP contribution in [0.4, 0.5) is 21.0 Å². The number of hydrogen-bond donors (Lipinski definition) is 4. The highest BCUT2D eigenvalue weighted by Crippen LogP contribution is 2.18. The molecule has 4 amide bonds. The van der Waals surface area contributed by atoms with Gasteiger partial charge in [0.15, 0.2) is 0 Å². The zero-order chi connectivity index (χ0) is 38.2. The molecule has 0 aliphatic carbocycles. The molecule has 0 unspecified atom stereocenters. The summed E-state index contributed by atoms with van der Waals surface area (Å²) in [6, 6.07) is 15.6. The molecule has 0 aromatic heterocycles. The molecule has 2 rings (SSSR count). The maximum absolute atomic E-state index is 12.6. The van der Waals surface area contributed by atoms with Crippen molar-refractivity contribution < 1.29 is 9.59 Å². The zero-order valence-corrected chi connectivity index (χ0v) is 34.4. The summed E-state index contributed by atoms with van der Waals surface area (Å²) in [6.45, 7) is 10.3. The van der Waals surface area contributed by atoms with E-state index in [-0.39, 0.29) is 12.1 Å². The molecule has 0 radical (unpaired) electrons. The molecule has 0 aliphatic rings. The van der Waals surface area contributed by atoms with E-state index < -0.39 is 0 Å². The van der Waals surface area contributed by atoms with Gasteiger partial charge in [-0.15, -0.1) is 0 Å². The number of carbonyl (C=O) groups is 2. The Labute approximate surface area is 325 Å². The second kappa shape index (κ2) is 31.3. The summed E-state index contributed by atoms with van der Waals surface area (Å²) in [5, 5.41) is 12.0. The Morgan fingerprint density at radius 1 is 0.472 bits per heavy atom. The minimum absolute atomic E-state index is 0.169. The van der Waals surface area contributed by atoms with Crippen molar-refractivity contribution >= 4 is 23.4 Å². The Hall–Kier alpha value is -3.10. The van der Waals surface area contributed by atoms with Gasteiger partial charge in [0.25, 0.3) is 0 Å². The van der Waals surface area contributed by atoms with Crippen LogP contribution in [0.1, 0.15) is 153 Å².